The fourth-order valence-electron chi connectivity index (χ4n) is 1.92. The number of anilines is 1. The Balaban J connectivity index is 2.24. The minimum atomic E-state index is 0.264. The molecular formula is C11H16BrN3. The van der Waals surface area contributed by atoms with Crippen LogP contribution < -0.4 is 10.6 Å². The number of hydrogen-bond acceptors (Lipinski definition) is 3. The summed E-state index contributed by atoms with van der Waals surface area (Å²) < 4.78 is 1.06. The van der Waals surface area contributed by atoms with E-state index >= 15 is 0 Å². The third-order valence-corrected chi connectivity index (χ3v) is 3.51. The molecule has 15 heavy (non-hydrogen) atoms. The second-order valence-corrected chi connectivity index (χ2v) is 5.22. The van der Waals surface area contributed by atoms with Crippen LogP contribution in [0.25, 0.3) is 0 Å². The molecule has 2 N–H and O–H groups in total. The average molecular weight is 270 g/mol. The second kappa shape index (κ2) is 4.10. The molecular weight excluding hydrogens is 254 g/mol. The Labute approximate surface area is 98.8 Å². The fourth-order valence-corrected chi connectivity index (χ4v) is 2.64. The minimum absolute atomic E-state index is 0.264. The molecule has 1 aromatic rings. The maximum atomic E-state index is 6.00. The molecule has 1 saturated heterocycles. The molecule has 2 atom stereocenters. The first-order valence-corrected chi connectivity index (χ1v) is 6.00. The lowest BCUT2D eigenvalue weighted by Gasteiger charge is -2.18. The first-order chi connectivity index (χ1) is 7.08. The molecule has 3 nitrogen and oxygen atoms in total. The number of rotatable bonds is 1. The molecule has 2 rings (SSSR count). The largest absolute Gasteiger partial charge is 0.354 e. The van der Waals surface area contributed by atoms with E-state index in [-0.39, 0.29) is 6.04 Å². The van der Waals surface area contributed by atoms with Gasteiger partial charge in [-0.05, 0) is 40.4 Å². The molecule has 4 heteroatoms. The average Bonchev–Trinajstić information content (AvgIpc) is 2.46. The van der Waals surface area contributed by atoms with Crippen LogP contribution >= 0.6 is 15.9 Å². The van der Waals surface area contributed by atoms with Gasteiger partial charge in [0.25, 0.3) is 0 Å². The standard InChI is InChI=1S/C11H16BrN3/c1-7-3-9(12)11(14-4-7)15-5-8(2)10(13)6-15/h3-4,8,10H,5-6,13H2,1-2H3. The van der Waals surface area contributed by atoms with Crippen molar-refractivity contribution in [3.63, 3.8) is 0 Å². The van der Waals surface area contributed by atoms with Gasteiger partial charge in [-0.3, -0.25) is 0 Å². The van der Waals surface area contributed by atoms with Gasteiger partial charge in [0.2, 0.25) is 0 Å². The van der Waals surface area contributed by atoms with Crippen molar-refractivity contribution in [3.8, 4) is 0 Å². The number of nitrogens with zero attached hydrogens (tertiary/aromatic N) is 2. The van der Waals surface area contributed by atoms with Crippen LogP contribution in [0.4, 0.5) is 5.82 Å². The van der Waals surface area contributed by atoms with Gasteiger partial charge >= 0.3 is 0 Å². The summed E-state index contributed by atoms with van der Waals surface area (Å²) in [5.41, 5.74) is 7.17. The zero-order valence-corrected chi connectivity index (χ0v) is 10.7. The van der Waals surface area contributed by atoms with Crippen molar-refractivity contribution >= 4 is 21.7 Å². The predicted octanol–water partition coefficient (Wildman–Crippen LogP) is 1.94. The first kappa shape index (κ1) is 10.9. The lowest BCUT2D eigenvalue weighted by atomic mass is 10.1. The third-order valence-electron chi connectivity index (χ3n) is 2.93. The molecule has 1 aliphatic rings. The molecule has 1 aromatic heterocycles. The highest BCUT2D eigenvalue weighted by atomic mass is 79.9. The lowest BCUT2D eigenvalue weighted by Crippen LogP contribution is -2.28. The zero-order chi connectivity index (χ0) is 11.0. The van der Waals surface area contributed by atoms with E-state index in [9.17, 15) is 0 Å². The van der Waals surface area contributed by atoms with Crippen molar-refractivity contribution in [1.82, 2.24) is 4.98 Å². The molecule has 2 heterocycles. The molecule has 0 saturated carbocycles. The monoisotopic (exact) mass is 269 g/mol. The smallest absolute Gasteiger partial charge is 0.142 e. The van der Waals surface area contributed by atoms with Crippen molar-refractivity contribution in [3.05, 3.63) is 22.3 Å². The first-order valence-electron chi connectivity index (χ1n) is 5.20. The van der Waals surface area contributed by atoms with Gasteiger partial charge in [-0.25, -0.2) is 4.98 Å². The number of aryl methyl sites for hydroxylation is 1. The van der Waals surface area contributed by atoms with Crippen LogP contribution in [-0.4, -0.2) is 24.1 Å². The van der Waals surface area contributed by atoms with E-state index in [1.54, 1.807) is 0 Å². The second-order valence-electron chi connectivity index (χ2n) is 4.36. The Hall–Kier alpha value is -0.610. The van der Waals surface area contributed by atoms with E-state index in [1.165, 1.54) is 5.56 Å². The maximum Gasteiger partial charge on any atom is 0.142 e. The van der Waals surface area contributed by atoms with E-state index < -0.39 is 0 Å². The topological polar surface area (TPSA) is 42.2 Å². The number of aromatic nitrogens is 1. The number of hydrogen-bond donors (Lipinski definition) is 1. The van der Waals surface area contributed by atoms with Crippen molar-refractivity contribution in [1.29, 1.82) is 0 Å². The van der Waals surface area contributed by atoms with Gasteiger partial charge in [0.1, 0.15) is 5.82 Å². The summed E-state index contributed by atoms with van der Waals surface area (Å²) in [6, 6.07) is 2.36. The van der Waals surface area contributed by atoms with Crippen LogP contribution in [0.3, 0.4) is 0 Å². The van der Waals surface area contributed by atoms with Crippen molar-refractivity contribution in [2.24, 2.45) is 11.7 Å². The van der Waals surface area contributed by atoms with Crippen molar-refractivity contribution in [2.45, 2.75) is 19.9 Å². The van der Waals surface area contributed by atoms with Gasteiger partial charge in [-0.15, -0.1) is 0 Å². The quantitative estimate of drug-likeness (QED) is 0.848. The van der Waals surface area contributed by atoms with Crippen LogP contribution in [0.1, 0.15) is 12.5 Å². The van der Waals surface area contributed by atoms with Gasteiger partial charge in [0.15, 0.2) is 0 Å². The van der Waals surface area contributed by atoms with Crippen LogP contribution in [0.5, 0.6) is 0 Å². The van der Waals surface area contributed by atoms with Crippen molar-refractivity contribution in [2.75, 3.05) is 18.0 Å². The fraction of sp³-hybridized carbons (Fsp3) is 0.545. The van der Waals surface area contributed by atoms with E-state index in [0.717, 1.165) is 23.4 Å². The SMILES string of the molecule is Cc1cnc(N2CC(C)C(N)C2)c(Br)c1. The molecule has 0 spiro atoms. The summed E-state index contributed by atoms with van der Waals surface area (Å²) in [5.74, 6) is 1.56. The molecule has 1 fully saturated rings. The summed E-state index contributed by atoms with van der Waals surface area (Å²) in [4.78, 5) is 6.70. The normalized spacial score (nSPS) is 26.0. The summed E-state index contributed by atoms with van der Waals surface area (Å²) >= 11 is 3.55. The lowest BCUT2D eigenvalue weighted by molar-refractivity contribution is 0.566. The third kappa shape index (κ3) is 2.16. The molecule has 0 aliphatic carbocycles. The Morgan fingerprint density at radius 1 is 1.53 bits per heavy atom. The van der Waals surface area contributed by atoms with E-state index in [1.807, 2.05) is 13.1 Å². The maximum absolute atomic E-state index is 6.00. The highest BCUT2D eigenvalue weighted by Crippen LogP contribution is 2.28. The van der Waals surface area contributed by atoms with Crippen LogP contribution in [0.15, 0.2) is 16.7 Å². The molecule has 0 amide bonds. The van der Waals surface area contributed by atoms with Crippen LogP contribution in [0, 0.1) is 12.8 Å². The Bertz CT molecular complexity index is 357. The highest BCUT2D eigenvalue weighted by molar-refractivity contribution is 9.10. The molecule has 0 radical (unpaired) electrons. The summed E-state index contributed by atoms with van der Waals surface area (Å²) in [6.45, 7) is 6.12. The molecule has 82 valence electrons. The van der Waals surface area contributed by atoms with Crippen molar-refractivity contribution < 1.29 is 0 Å². The summed E-state index contributed by atoms with van der Waals surface area (Å²) in [7, 11) is 0. The predicted molar refractivity (Wildman–Crippen MR) is 66.0 cm³/mol. The summed E-state index contributed by atoms with van der Waals surface area (Å²) in [6.07, 6.45) is 1.90. The highest BCUT2D eigenvalue weighted by Gasteiger charge is 2.28. The number of halogens is 1. The summed E-state index contributed by atoms with van der Waals surface area (Å²) in [5, 5.41) is 0. The number of nitrogens with two attached hydrogens (primary N) is 1. The van der Waals surface area contributed by atoms with E-state index in [2.05, 4.69) is 38.8 Å². The van der Waals surface area contributed by atoms with Gasteiger partial charge in [0, 0.05) is 25.3 Å². The Morgan fingerprint density at radius 2 is 2.27 bits per heavy atom. The molecule has 1 aliphatic heterocycles. The van der Waals surface area contributed by atoms with Gasteiger partial charge in [-0.2, -0.15) is 0 Å². The van der Waals surface area contributed by atoms with E-state index in [4.69, 9.17) is 5.73 Å². The van der Waals surface area contributed by atoms with Crippen LogP contribution in [0.2, 0.25) is 0 Å². The van der Waals surface area contributed by atoms with E-state index in [0.29, 0.717) is 5.92 Å². The minimum Gasteiger partial charge on any atom is -0.354 e. The molecule has 2 unspecified atom stereocenters. The van der Waals surface area contributed by atoms with Gasteiger partial charge in [-0.1, -0.05) is 6.92 Å². The van der Waals surface area contributed by atoms with Crippen LogP contribution in [-0.2, 0) is 0 Å². The molecule has 0 bridgehead atoms. The van der Waals surface area contributed by atoms with Gasteiger partial charge in [0.05, 0.1) is 4.47 Å². The number of pyridine rings is 1. The Morgan fingerprint density at radius 3 is 2.80 bits per heavy atom. The molecule has 0 aromatic carbocycles. The zero-order valence-electron chi connectivity index (χ0n) is 9.07. The van der Waals surface area contributed by atoms with Gasteiger partial charge < -0.3 is 10.6 Å². The Kier molecular flexibility index (Phi) is 2.98.